The van der Waals surface area contributed by atoms with Crippen LogP contribution < -0.4 is 4.90 Å². The zero-order chi connectivity index (χ0) is 14.2. The molecule has 2 rings (SSSR count). The average molecular weight is 277 g/mol. The number of pyridine rings is 1. The predicted molar refractivity (Wildman–Crippen MR) is 83.2 cm³/mol. The minimum Gasteiger partial charge on any atom is -0.396 e. The van der Waals surface area contributed by atoms with E-state index >= 15 is 0 Å². The van der Waals surface area contributed by atoms with Gasteiger partial charge >= 0.3 is 0 Å². The van der Waals surface area contributed by atoms with Crippen molar-refractivity contribution in [1.82, 2.24) is 9.88 Å². The lowest BCUT2D eigenvalue weighted by molar-refractivity contribution is 0.253. The van der Waals surface area contributed by atoms with E-state index in [1.54, 1.807) is 0 Å². The maximum absolute atomic E-state index is 8.84. The number of piperazine rings is 1. The van der Waals surface area contributed by atoms with Crippen molar-refractivity contribution in [3.63, 3.8) is 0 Å². The summed E-state index contributed by atoms with van der Waals surface area (Å²) in [5.41, 5.74) is 1.21. The summed E-state index contributed by atoms with van der Waals surface area (Å²) in [6, 6.07) is 4.26. The van der Waals surface area contributed by atoms with Crippen LogP contribution in [-0.2, 0) is 6.42 Å². The first kappa shape index (κ1) is 15.3. The van der Waals surface area contributed by atoms with Crippen LogP contribution in [-0.4, -0.2) is 54.3 Å². The molecule has 0 saturated carbocycles. The van der Waals surface area contributed by atoms with Crippen molar-refractivity contribution in [3.8, 4) is 0 Å². The molecular weight excluding hydrogens is 250 g/mol. The second-order valence-corrected chi connectivity index (χ2v) is 5.53. The number of aliphatic hydroxyl groups excluding tert-OH is 1. The first-order chi connectivity index (χ1) is 9.83. The lowest BCUT2D eigenvalue weighted by Gasteiger charge is -2.35. The van der Waals surface area contributed by atoms with Gasteiger partial charge in [-0.3, -0.25) is 4.90 Å². The molecule has 0 amide bonds. The van der Waals surface area contributed by atoms with E-state index in [4.69, 9.17) is 5.11 Å². The van der Waals surface area contributed by atoms with Gasteiger partial charge in [0.05, 0.1) is 0 Å². The largest absolute Gasteiger partial charge is 0.396 e. The van der Waals surface area contributed by atoms with Crippen LogP contribution in [0.15, 0.2) is 18.3 Å². The average Bonchev–Trinajstić information content (AvgIpc) is 2.52. The van der Waals surface area contributed by atoms with E-state index in [9.17, 15) is 0 Å². The third-order valence-corrected chi connectivity index (χ3v) is 3.96. The molecule has 1 saturated heterocycles. The van der Waals surface area contributed by atoms with Crippen molar-refractivity contribution in [2.75, 3.05) is 44.2 Å². The second kappa shape index (κ2) is 8.22. The Kier molecular flexibility index (Phi) is 6.27. The second-order valence-electron chi connectivity index (χ2n) is 5.53. The Hall–Kier alpha value is -1.13. The summed E-state index contributed by atoms with van der Waals surface area (Å²) in [4.78, 5) is 9.49. The van der Waals surface area contributed by atoms with Gasteiger partial charge in [0, 0.05) is 39.0 Å². The maximum Gasteiger partial charge on any atom is 0.128 e. The van der Waals surface area contributed by atoms with Gasteiger partial charge in [0.1, 0.15) is 5.82 Å². The molecule has 1 aliphatic heterocycles. The van der Waals surface area contributed by atoms with Gasteiger partial charge < -0.3 is 10.0 Å². The van der Waals surface area contributed by atoms with Gasteiger partial charge in [-0.15, -0.1) is 0 Å². The van der Waals surface area contributed by atoms with Crippen molar-refractivity contribution >= 4 is 5.82 Å². The molecule has 1 aliphatic rings. The van der Waals surface area contributed by atoms with Crippen LogP contribution >= 0.6 is 0 Å². The Bertz CT molecular complexity index is 372. The number of anilines is 1. The number of aryl methyl sites for hydroxylation is 1. The molecule has 4 nitrogen and oxygen atoms in total. The highest BCUT2D eigenvalue weighted by Crippen LogP contribution is 2.15. The summed E-state index contributed by atoms with van der Waals surface area (Å²) in [6.45, 7) is 8.18. The van der Waals surface area contributed by atoms with Gasteiger partial charge in [-0.05, 0) is 37.4 Å². The molecule has 4 heteroatoms. The van der Waals surface area contributed by atoms with Gasteiger partial charge in [-0.2, -0.15) is 0 Å². The number of rotatable bonds is 7. The van der Waals surface area contributed by atoms with Crippen LogP contribution in [0.5, 0.6) is 0 Å². The van der Waals surface area contributed by atoms with E-state index in [0.717, 1.165) is 44.8 Å². The van der Waals surface area contributed by atoms with Crippen molar-refractivity contribution in [1.29, 1.82) is 0 Å². The van der Waals surface area contributed by atoms with Crippen molar-refractivity contribution in [2.24, 2.45) is 0 Å². The number of aromatic nitrogens is 1. The topological polar surface area (TPSA) is 39.6 Å². The molecule has 0 spiro atoms. The van der Waals surface area contributed by atoms with Crippen LogP contribution in [0.2, 0.25) is 0 Å². The summed E-state index contributed by atoms with van der Waals surface area (Å²) in [6.07, 6.45) is 6.26. The highest BCUT2D eigenvalue weighted by atomic mass is 16.2. The zero-order valence-electron chi connectivity index (χ0n) is 12.6. The normalized spacial score (nSPS) is 16.6. The molecule has 1 aromatic rings. The van der Waals surface area contributed by atoms with E-state index in [2.05, 4.69) is 33.8 Å². The Morgan fingerprint density at radius 2 is 1.95 bits per heavy atom. The molecule has 1 N–H and O–H groups in total. The first-order valence-corrected chi connectivity index (χ1v) is 7.86. The summed E-state index contributed by atoms with van der Waals surface area (Å²) in [7, 11) is 0. The number of unbranched alkanes of at least 4 members (excludes halogenated alkanes) is 1. The monoisotopic (exact) mass is 277 g/mol. The smallest absolute Gasteiger partial charge is 0.128 e. The molecule has 112 valence electrons. The van der Waals surface area contributed by atoms with Crippen molar-refractivity contribution in [3.05, 3.63) is 23.9 Å². The number of hydrogen-bond donors (Lipinski definition) is 1. The molecule has 1 fully saturated rings. The van der Waals surface area contributed by atoms with E-state index in [1.165, 1.54) is 24.9 Å². The maximum atomic E-state index is 8.84. The SMILES string of the molecule is CCCCN1CCN(c2ccc(CCCO)cn2)CC1. The van der Waals surface area contributed by atoms with Gasteiger partial charge in [0.15, 0.2) is 0 Å². The van der Waals surface area contributed by atoms with Crippen LogP contribution in [0.3, 0.4) is 0 Å². The van der Waals surface area contributed by atoms with Crippen LogP contribution in [0.4, 0.5) is 5.82 Å². The van der Waals surface area contributed by atoms with Gasteiger partial charge in [0.2, 0.25) is 0 Å². The highest BCUT2D eigenvalue weighted by Gasteiger charge is 2.17. The molecule has 20 heavy (non-hydrogen) atoms. The van der Waals surface area contributed by atoms with Gasteiger partial charge in [-0.25, -0.2) is 4.98 Å². The Morgan fingerprint density at radius 3 is 2.55 bits per heavy atom. The van der Waals surface area contributed by atoms with Crippen molar-refractivity contribution < 1.29 is 5.11 Å². The Balaban J connectivity index is 1.81. The lowest BCUT2D eigenvalue weighted by Crippen LogP contribution is -2.46. The molecule has 2 heterocycles. The van der Waals surface area contributed by atoms with Gasteiger partial charge in [0.25, 0.3) is 0 Å². The molecule has 1 aromatic heterocycles. The van der Waals surface area contributed by atoms with Gasteiger partial charge in [-0.1, -0.05) is 19.4 Å². The first-order valence-electron chi connectivity index (χ1n) is 7.86. The predicted octanol–water partition coefficient (Wildman–Crippen LogP) is 1.93. The molecule has 0 unspecified atom stereocenters. The standard InChI is InChI=1S/C16H27N3O/c1-2-3-8-18-9-11-19(12-10-18)16-7-6-15(14-17-16)5-4-13-20/h6-7,14,20H,2-5,8-13H2,1H3. The molecule has 0 aliphatic carbocycles. The number of hydrogen-bond acceptors (Lipinski definition) is 4. The fourth-order valence-electron chi connectivity index (χ4n) is 2.62. The third-order valence-electron chi connectivity index (χ3n) is 3.96. The van der Waals surface area contributed by atoms with Crippen molar-refractivity contribution in [2.45, 2.75) is 32.6 Å². The minimum atomic E-state index is 0.251. The van der Waals surface area contributed by atoms with Crippen LogP contribution in [0.25, 0.3) is 0 Å². The molecule has 0 atom stereocenters. The van der Waals surface area contributed by atoms with E-state index in [-0.39, 0.29) is 6.61 Å². The summed E-state index contributed by atoms with van der Waals surface area (Å²) < 4.78 is 0. The summed E-state index contributed by atoms with van der Waals surface area (Å²) in [5, 5.41) is 8.84. The third kappa shape index (κ3) is 4.46. The molecule has 0 radical (unpaired) electrons. The molecule has 0 bridgehead atoms. The summed E-state index contributed by atoms with van der Waals surface area (Å²) in [5.74, 6) is 1.09. The summed E-state index contributed by atoms with van der Waals surface area (Å²) >= 11 is 0. The Labute approximate surface area is 122 Å². The highest BCUT2D eigenvalue weighted by molar-refractivity contribution is 5.39. The fourth-order valence-corrected chi connectivity index (χ4v) is 2.62. The molecular formula is C16H27N3O. The van der Waals surface area contributed by atoms with Crippen LogP contribution in [0, 0.1) is 0 Å². The fraction of sp³-hybridized carbons (Fsp3) is 0.688. The zero-order valence-corrected chi connectivity index (χ0v) is 12.6. The Morgan fingerprint density at radius 1 is 1.15 bits per heavy atom. The van der Waals surface area contributed by atoms with Crippen LogP contribution in [0.1, 0.15) is 31.7 Å². The quantitative estimate of drug-likeness (QED) is 0.826. The van der Waals surface area contributed by atoms with E-state index in [1.807, 2.05) is 6.20 Å². The van der Waals surface area contributed by atoms with E-state index < -0.39 is 0 Å². The van der Waals surface area contributed by atoms with E-state index in [0.29, 0.717) is 0 Å². The molecule has 0 aromatic carbocycles. The lowest BCUT2D eigenvalue weighted by atomic mass is 10.1. The number of aliphatic hydroxyl groups is 1. The number of nitrogens with zero attached hydrogens (tertiary/aromatic N) is 3. The minimum absolute atomic E-state index is 0.251.